The highest BCUT2D eigenvalue weighted by molar-refractivity contribution is 5.23. The van der Waals surface area contributed by atoms with Crippen LogP contribution >= 0.6 is 0 Å². The first kappa shape index (κ1) is 13.1. The van der Waals surface area contributed by atoms with Crippen LogP contribution < -0.4 is 5.32 Å². The third-order valence-corrected chi connectivity index (χ3v) is 2.94. The molecule has 3 heteroatoms. The zero-order valence-corrected chi connectivity index (χ0v) is 10.1. The fourth-order valence-corrected chi connectivity index (χ4v) is 2.13. The Kier molecular flexibility index (Phi) is 4.87. The largest absolute Gasteiger partial charge is 0.313 e. The molecule has 1 aromatic rings. The summed E-state index contributed by atoms with van der Waals surface area (Å²) in [5.41, 5.74) is 0.420. The van der Waals surface area contributed by atoms with Crippen molar-refractivity contribution >= 4 is 0 Å². The molecule has 0 radical (unpaired) electrons. The van der Waals surface area contributed by atoms with Crippen molar-refractivity contribution < 1.29 is 8.78 Å². The Morgan fingerprint density at radius 2 is 2.00 bits per heavy atom. The average Bonchev–Trinajstić information content (AvgIpc) is 2.25. The van der Waals surface area contributed by atoms with Gasteiger partial charge in [0.05, 0.1) is 0 Å². The van der Waals surface area contributed by atoms with Crippen molar-refractivity contribution in [3.05, 3.63) is 35.4 Å². The Balaban J connectivity index is 2.99. The van der Waals surface area contributed by atoms with Crippen molar-refractivity contribution in [2.75, 3.05) is 7.05 Å². The van der Waals surface area contributed by atoms with Gasteiger partial charge in [0.2, 0.25) is 0 Å². The molecule has 1 nitrogen and oxygen atoms in total. The van der Waals surface area contributed by atoms with Gasteiger partial charge in [-0.25, -0.2) is 8.78 Å². The maximum absolute atomic E-state index is 13.6. The third-order valence-electron chi connectivity index (χ3n) is 2.94. The van der Waals surface area contributed by atoms with E-state index in [2.05, 4.69) is 19.2 Å². The standard InChI is InChI=1S/C13H19F2N/c1-4-6-9(2)13(16-3)10-7-5-8-11(14)12(10)15/h5,7-9,13,16H,4,6H2,1-3H3. The maximum Gasteiger partial charge on any atom is 0.163 e. The number of hydrogen-bond donors (Lipinski definition) is 1. The minimum absolute atomic E-state index is 0.129. The molecule has 0 saturated carbocycles. The third kappa shape index (κ3) is 2.79. The Morgan fingerprint density at radius 3 is 2.56 bits per heavy atom. The van der Waals surface area contributed by atoms with Gasteiger partial charge in [0, 0.05) is 11.6 Å². The molecule has 0 bridgehead atoms. The molecular formula is C13H19F2N. The molecule has 16 heavy (non-hydrogen) atoms. The molecule has 0 saturated heterocycles. The topological polar surface area (TPSA) is 12.0 Å². The van der Waals surface area contributed by atoms with Crippen molar-refractivity contribution in [2.24, 2.45) is 5.92 Å². The van der Waals surface area contributed by atoms with Gasteiger partial charge in [-0.2, -0.15) is 0 Å². The van der Waals surface area contributed by atoms with Gasteiger partial charge in [-0.1, -0.05) is 32.4 Å². The van der Waals surface area contributed by atoms with Crippen LogP contribution in [0.3, 0.4) is 0 Å². The van der Waals surface area contributed by atoms with Gasteiger partial charge in [0.1, 0.15) is 0 Å². The fourth-order valence-electron chi connectivity index (χ4n) is 2.13. The zero-order valence-electron chi connectivity index (χ0n) is 10.1. The summed E-state index contributed by atoms with van der Waals surface area (Å²) in [6.45, 7) is 4.14. The quantitative estimate of drug-likeness (QED) is 0.809. The van der Waals surface area contributed by atoms with Crippen molar-refractivity contribution in [3.8, 4) is 0 Å². The van der Waals surface area contributed by atoms with Gasteiger partial charge in [-0.05, 0) is 25.5 Å². The molecule has 0 fully saturated rings. The minimum Gasteiger partial charge on any atom is -0.313 e. The number of halogens is 2. The van der Waals surface area contributed by atoms with Crippen LogP contribution in [0.2, 0.25) is 0 Å². The van der Waals surface area contributed by atoms with Crippen LogP contribution in [0.5, 0.6) is 0 Å². The smallest absolute Gasteiger partial charge is 0.163 e. The van der Waals surface area contributed by atoms with E-state index in [0.29, 0.717) is 5.56 Å². The van der Waals surface area contributed by atoms with Crippen molar-refractivity contribution in [1.82, 2.24) is 5.32 Å². The Hall–Kier alpha value is -0.960. The van der Waals surface area contributed by atoms with Gasteiger partial charge < -0.3 is 5.32 Å². The summed E-state index contributed by atoms with van der Waals surface area (Å²) in [7, 11) is 1.78. The van der Waals surface area contributed by atoms with Crippen LogP contribution in [-0.4, -0.2) is 7.05 Å². The minimum atomic E-state index is -0.776. The van der Waals surface area contributed by atoms with Gasteiger partial charge in [0.25, 0.3) is 0 Å². The summed E-state index contributed by atoms with van der Waals surface area (Å²) in [6, 6.07) is 4.22. The Labute approximate surface area is 95.9 Å². The summed E-state index contributed by atoms with van der Waals surface area (Å²) in [5, 5.41) is 3.06. The second-order valence-electron chi connectivity index (χ2n) is 4.18. The Morgan fingerprint density at radius 1 is 1.31 bits per heavy atom. The van der Waals surface area contributed by atoms with Crippen molar-refractivity contribution in [3.63, 3.8) is 0 Å². The van der Waals surface area contributed by atoms with Gasteiger partial charge in [-0.15, -0.1) is 0 Å². The van der Waals surface area contributed by atoms with E-state index in [1.54, 1.807) is 19.2 Å². The lowest BCUT2D eigenvalue weighted by Gasteiger charge is -2.24. The van der Waals surface area contributed by atoms with Crippen molar-refractivity contribution in [1.29, 1.82) is 0 Å². The first-order chi connectivity index (χ1) is 7.61. The van der Waals surface area contributed by atoms with Crippen LogP contribution in [0.15, 0.2) is 18.2 Å². The lowest BCUT2D eigenvalue weighted by molar-refractivity contribution is 0.366. The zero-order chi connectivity index (χ0) is 12.1. The van der Waals surface area contributed by atoms with E-state index in [-0.39, 0.29) is 12.0 Å². The molecule has 2 unspecified atom stereocenters. The lowest BCUT2D eigenvalue weighted by Crippen LogP contribution is -2.24. The number of rotatable bonds is 5. The van der Waals surface area contributed by atoms with E-state index in [9.17, 15) is 8.78 Å². The van der Waals surface area contributed by atoms with Crippen LogP contribution in [0.4, 0.5) is 8.78 Å². The summed E-state index contributed by atoms with van der Waals surface area (Å²) in [5.74, 6) is -1.22. The monoisotopic (exact) mass is 227 g/mol. The molecule has 0 aliphatic heterocycles. The fraction of sp³-hybridized carbons (Fsp3) is 0.538. The molecule has 1 rings (SSSR count). The van der Waals surface area contributed by atoms with Gasteiger partial charge in [-0.3, -0.25) is 0 Å². The lowest BCUT2D eigenvalue weighted by atomic mass is 9.91. The normalized spacial score (nSPS) is 14.8. The van der Waals surface area contributed by atoms with E-state index >= 15 is 0 Å². The molecule has 0 amide bonds. The molecule has 0 aliphatic carbocycles. The van der Waals surface area contributed by atoms with E-state index in [1.165, 1.54) is 0 Å². The van der Waals surface area contributed by atoms with Crippen molar-refractivity contribution in [2.45, 2.75) is 32.7 Å². The molecule has 1 aromatic carbocycles. The highest BCUT2D eigenvalue weighted by Crippen LogP contribution is 2.27. The average molecular weight is 227 g/mol. The summed E-state index contributed by atoms with van der Waals surface area (Å²) >= 11 is 0. The molecule has 2 atom stereocenters. The molecule has 0 aromatic heterocycles. The first-order valence-corrected chi connectivity index (χ1v) is 5.73. The van der Waals surface area contributed by atoms with Crippen LogP contribution in [0.25, 0.3) is 0 Å². The summed E-state index contributed by atoms with van der Waals surface area (Å²) in [4.78, 5) is 0. The summed E-state index contributed by atoms with van der Waals surface area (Å²) < 4.78 is 26.7. The summed E-state index contributed by atoms with van der Waals surface area (Å²) in [6.07, 6.45) is 2.03. The van der Waals surface area contributed by atoms with E-state index in [4.69, 9.17) is 0 Å². The number of benzene rings is 1. The maximum atomic E-state index is 13.6. The first-order valence-electron chi connectivity index (χ1n) is 5.73. The molecular weight excluding hydrogens is 208 g/mol. The Bertz CT molecular complexity index is 339. The molecule has 1 N–H and O–H groups in total. The SMILES string of the molecule is CCCC(C)C(NC)c1cccc(F)c1F. The molecule has 0 heterocycles. The van der Waals surface area contributed by atoms with E-state index in [1.807, 2.05) is 0 Å². The molecule has 90 valence electrons. The predicted molar refractivity (Wildman–Crippen MR) is 62.2 cm³/mol. The second kappa shape index (κ2) is 5.94. The van der Waals surface area contributed by atoms with Crippen LogP contribution in [-0.2, 0) is 0 Å². The van der Waals surface area contributed by atoms with Crippen LogP contribution in [0, 0.1) is 17.6 Å². The number of nitrogens with one attached hydrogen (secondary N) is 1. The predicted octanol–water partition coefficient (Wildman–Crippen LogP) is 3.66. The van der Waals surface area contributed by atoms with Gasteiger partial charge >= 0.3 is 0 Å². The van der Waals surface area contributed by atoms with Gasteiger partial charge in [0.15, 0.2) is 11.6 Å². The number of hydrogen-bond acceptors (Lipinski definition) is 1. The second-order valence-corrected chi connectivity index (χ2v) is 4.18. The van der Waals surface area contributed by atoms with E-state index in [0.717, 1.165) is 18.9 Å². The highest BCUT2D eigenvalue weighted by atomic mass is 19.2. The van der Waals surface area contributed by atoms with Crippen LogP contribution in [0.1, 0.15) is 38.3 Å². The molecule has 0 aliphatic rings. The molecule has 0 spiro atoms. The van der Waals surface area contributed by atoms with E-state index < -0.39 is 11.6 Å². The highest BCUT2D eigenvalue weighted by Gasteiger charge is 2.21.